The van der Waals surface area contributed by atoms with E-state index in [1.165, 1.54) is 12.8 Å². The van der Waals surface area contributed by atoms with E-state index in [4.69, 9.17) is 21.1 Å². The van der Waals surface area contributed by atoms with Gasteiger partial charge in [-0.3, -0.25) is 0 Å². The molecule has 0 aromatic heterocycles. The lowest BCUT2D eigenvalue weighted by Gasteiger charge is -2.16. The summed E-state index contributed by atoms with van der Waals surface area (Å²) in [5.41, 5.74) is 0.790. The summed E-state index contributed by atoms with van der Waals surface area (Å²) in [5, 5.41) is 0.642. The second kappa shape index (κ2) is 6.21. The van der Waals surface area contributed by atoms with Gasteiger partial charge in [-0.05, 0) is 43.4 Å². The van der Waals surface area contributed by atoms with E-state index < -0.39 is 6.10 Å². The van der Waals surface area contributed by atoms with Gasteiger partial charge in [-0.1, -0.05) is 23.7 Å². The number of hydrogen-bond acceptors (Lipinski definition) is 3. The molecule has 1 atom stereocenters. The van der Waals surface area contributed by atoms with Gasteiger partial charge in [-0.25, -0.2) is 4.79 Å². The number of rotatable bonds is 6. The first-order valence-corrected chi connectivity index (χ1v) is 6.62. The SMILES string of the molecule is CCOC(=O)C(OCC1CC1)c1ccc(Cl)cc1. The third-order valence-corrected chi connectivity index (χ3v) is 3.12. The number of ether oxygens (including phenoxy) is 2. The number of hydrogen-bond donors (Lipinski definition) is 0. The average molecular weight is 269 g/mol. The van der Waals surface area contributed by atoms with Gasteiger partial charge in [-0.2, -0.15) is 0 Å². The van der Waals surface area contributed by atoms with Gasteiger partial charge in [0.15, 0.2) is 6.10 Å². The molecule has 0 N–H and O–H groups in total. The lowest BCUT2D eigenvalue weighted by atomic mass is 10.1. The molecule has 1 fully saturated rings. The largest absolute Gasteiger partial charge is 0.464 e. The van der Waals surface area contributed by atoms with Gasteiger partial charge in [0.05, 0.1) is 13.2 Å². The van der Waals surface area contributed by atoms with Gasteiger partial charge < -0.3 is 9.47 Å². The van der Waals surface area contributed by atoms with Crippen molar-refractivity contribution in [1.29, 1.82) is 0 Å². The van der Waals surface area contributed by atoms with Crippen LogP contribution in [0, 0.1) is 5.92 Å². The molecule has 1 saturated carbocycles. The molecule has 3 nitrogen and oxygen atoms in total. The van der Waals surface area contributed by atoms with Crippen LogP contribution in [0.1, 0.15) is 31.4 Å². The maximum atomic E-state index is 11.9. The van der Waals surface area contributed by atoms with Crippen LogP contribution in [-0.2, 0) is 14.3 Å². The fourth-order valence-corrected chi connectivity index (χ4v) is 1.80. The minimum absolute atomic E-state index is 0.333. The van der Waals surface area contributed by atoms with Gasteiger partial charge in [0, 0.05) is 5.02 Å². The summed E-state index contributed by atoms with van der Waals surface area (Å²) in [6.07, 6.45) is 1.74. The lowest BCUT2D eigenvalue weighted by Crippen LogP contribution is -2.20. The molecule has 0 heterocycles. The van der Waals surface area contributed by atoms with E-state index in [9.17, 15) is 4.79 Å². The predicted octanol–water partition coefficient (Wildman–Crippen LogP) is 3.37. The summed E-state index contributed by atoms with van der Waals surface area (Å²) < 4.78 is 10.7. The van der Waals surface area contributed by atoms with Crippen molar-refractivity contribution in [3.63, 3.8) is 0 Å². The molecule has 18 heavy (non-hydrogen) atoms. The average Bonchev–Trinajstić information content (AvgIpc) is 3.16. The van der Waals surface area contributed by atoms with E-state index in [0.717, 1.165) is 5.56 Å². The van der Waals surface area contributed by atoms with E-state index in [1.807, 2.05) is 0 Å². The summed E-state index contributed by atoms with van der Waals surface area (Å²) >= 11 is 5.84. The molecule has 0 amide bonds. The Morgan fingerprint density at radius 2 is 2.06 bits per heavy atom. The van der Waals surface area contributed by atoms with Crippen LogP contribution in [0.2, 0.25) is 5.02 Å². The first kappa shape index (κ1) is 13.4. The smallest absolute Gasteiger partial charge is 0.339 e. The summed E-state index contributed by atoms with van der Waals surface area (Å²) in [4.78, 5) is 11.9. The van der Waals surface area contributed by atoms with Crippen molar-refractivity contribution >= 4 is 17.6 Å². The zero-order valence-electron chi connectivity index (χ0n) is 10.4. The molecule has 0 aliphatic heterocycles. The molecule has 1 aromatic rings. The third kappa shape index (κ3) is 3.72. The summed E-state index contributed by atoms with van der Waals surface area (Å²) in [6.45, 7) is 2.76. The molecule has 1 aromatic carbocycles. The van der Waals surface area contributed by atoms with Crippen molar-refractivity contribution < 1.29 is 14.3 Å². The van der Waals surface area contributed by atoms with Crippen molar-refractivity contribution in [1.82, 2.24) is 0 Å². The highest BCUT2D eigenvalue weighted by Crippen LogP contribution is 2.31. The molecule has 4 heteroatoms. The summed E-state index contributed by atoms with van der Waals surface area (Å²) in [6, 6.07) is 7.11. The Morgan fingerprint density at radius 1 is 1.39 bits per heavy atom. The van der Waals surface area contributed by atoms with E-state index in [1.54, 1.807) is 31.2 Å². The van der Waals surface area contributed by atoms with Crippen molar-refractivity contribution in [2.75, 3.05) is 13.2 Å². The van der Waals surface area contributed by atoms with Crippen molar-refractivity contribution in [3.8, 4) is 0 Å². The normalized spacial score (nSPS) is 16.3. The highest BCUT2D eigenvalue weighted by atomic mass is 35.5. The molecule has 0 spiro atoms. The first-order chi connectivity index (χ1) is 8.70. The second-order valence-corrected chi connectivity index (χ2v) is 4.90. The molecule has 1 unspecified atom stereocenters. The van der Waals surface area contributed by atoms with E-state index in [2.05, 4.69) is 0 Å². The van der Waals surface area contributed by atoms with Gasteiger partial charge in [0.2, 0.25) is 0 Å². The molecular weight excluding hydrogens is 252 g/mol. The minimum Gasteiger partial charge on any atom is -0.464 e. The van der Waals surface area contributed by atoms with Crippen molar-refractivity contribution in [2.45, 2.75) is 25.9 Å². The van der Waals surface area contributed by atoms with Crippen LogP contribution in [-0.4, -0.2) is 19.2 Å². The molecule has 0 radical (unpaired) electrons. The third-order valence-electron chi connectivity index (χ3n) is 2.87. The van der Waals surface area contributed by atoms with E-state index >= 15 is 0 Å². The fraction of sp³-hybridized carbons (Fsp3) is 0.500. The van der Waals surface area contributed by atoms with Gasteiger partial charge in [-0.15, -0.1) is 0 Å². The van der Waals surface area contributed by atoms with Crippen LogP contribution in [0.5, 0.6) is 0 Å². The van der Waals surface area contributed by atoms with Crippen LogP contribution in [0.25, 0.3) is 0 Å². The number of benzene rings is 1. The van der Waals surface area contributed by atoms with Crippen LogP contribution in [0.15, 0.2) is 24.3 Å². The standard InChI is InChI=1S/C14H17ClO3/c1-2-17-14(16)13(18-9-10-3-4-10)11-5-7-12(15)8-6-11/h5-8,10,13H,2-4,9H2,1H3. The number of carbonyl (C=O) groups is 1. The van der Waals surface area contributed by atoms with Gasteiger partial charge in [0.25, 0.3) is 0 Å². The summed E-state index contributed by atoms with van der Waals surface area (Å²) in [7, 11) is 0. The Kier molecular flexibility index (Phi) is 4.61. The zero-order chi connectivity index (χ0) is 13.0. The van der Waals surface area contributed by atoms with E-state index in [-0.39, 0.29) is 5.97 Å². The molecule has 1 aliphatic carbocycles. The van der Waals surface area contributed by atoms with Crippen LogP contribution in [0.4, 0.5) is 0 Å². The van der Waals surface area contributed by atoms with Gasteiger partial charge >= 0.3 is 5.97 Å². The molecular formula is C14H17ClO3. The molecule has 0 bridgehead atoms. The lowest BCUT2D eigenvalue weighted by molar-refractivity contribution is -0.157. The maximum absolute atomic E-state index is 11.9. The maximum Gasteiger partial charge on any atom is 0.339 e. The summed E-state index contributed by atoms with van der Waals surface area (Å²) in [5.74, 6) is 0.273. The van der Waals surface area contributed by atoms with Crippen LogP contribution < -0.4 is 0 Å². The fourth-order valence-electron chi connectivity index (χ4n) is 1.67. The molecule has 98 valence electrons. The highest BCUT2D eigenvalue weighted by Gasteiger charge is 2.28. The topological polar surface area (TPSA) is 35.5 Å². The van der Waals surface area contributed by atoms with Crippen LogP contribution in [0.3, 0.4) is 0 Å². The van der Waals surface area contributed by atoms with Crippen molar-refractivity contribution in [2.24, 2.45) is 5.92 Å². The number of halogens is 1. The first-order valence-electron chi connectivity index (χ1n) is 6.24. The van der Waals surface area contributed by atoms with E-state index in [0.29, 0.717) is 24.2 Å². The zero-order valence-corrected chi connectivity index (χ0v) is 11.2. The van der Waals surface area contributed by atoms with Gasteiger partial charge in [0.1, 0.15) is 0 Å². The Bertz CT molecular complexity index is 398. The minimum atomic E-state index is -0.636. The molecule has 2 rings (SSSR count). The Labute approximate surface area is 112 Å². The Balaban J connectivity index is 2.06. The predicted molar refractivity (Wildman–Crippen MR) is 69.5 cm³/mol. The Morgan fingerprint density at radius 3 is 2.61 bits per heavy atom. The highest BCUT2D eigenvalue weighted by molar-refractivity contribution is 6.30. The Hall–Kier alpha value is -1.06. The number of esters is 1. The molecule has 1 aliphatic rings. The quantitative estimate of drug-likeness (QED) is 0.742. The second-order valence-electron chi connectivity index (χ2n) is 4.46. The van der Waals surface area contributed by atoms with Crippen molar-refractivity contribution in [3.05, 3.63) is 34.9 Å². The number of carbonyl (C=O) groups excluding carboxylic acids is 1. The monoisotopic (exact) mass is 268 g/mol. The van der Waals surface area contributed by atoms with Crippen LogP contribution >= 0.6 is 11.6 Å². The molecule has 0 saturated heterocycles.